The summed E-state index contributed by atoms with van der Waals surface area (Å²) in [5, 5.41) is 6.76. The molecule has 174 valence electrons. The minimum absolute atomic E-state index is 0.251. The number of carbonyl (C=O) groups excluding carboxylic acids is 1. The van der Waals surface area contributed by atoms with E-state index in [-0.39, 0.29) is 10.8 Å². The molecule has 3 aromatic rings. The normalized spacial score (nSPS) is 15.2. The van der Waals surface area contributed by atoms with Crippen LogP contribution in [0.2, 0.25) is 0 Å². The number of aryl methyl sites for hydroxylation is 1. The summed E-state index contributed by atoms with van der Waals surface area (Å²) in [5.74, 6) is 1.05. The van der Waals surface area contributed by atoms with Crippen molar-refractivity contribution in [3.05, 3.63) is 71.6 Å². The Balaban J connectivity index is 1.44. The molecule has 0 spiro atoms. The second kappa shape index (κ2) is 10.5. The third kappa shape index (κ3) is 5.85. The quantitative estimate of drug-likeness (QED) is 0.469. The maximum absolute atomic E-state index is 13.0. The predicted molar refractivity (Wildman–Crippen MR) is 129 cm³/mol. The van der Waals surface area contributed by atoms with Gasteiger partial charge in [-0.25, -0.2) is 8.42 Å². The molecule has 0 unspecified atom stereocenters. The third-order valence-corrected chi connectivity index (χ3v) is 8.50. The summed E-state index contributed by atoms with van der Waals surface area (Å²) in [5.41, 5.74) is 1.90. The van der Waals surface area contributed by atoms with Crippen molar-refractivity contribution in [3.8, 4) is 0 Å². The van der Waals surface area contributed by atoms with Crippen molar-refractivity contribution in [2.24, 2.45) is 0 Å². The summed E-state index contributed by atoms with van der Waals surface area (Å²) in [7, 11) is -3.52. The van der Waals surface area contributed by atoms with Crippen molar-refractivity contribution in [2.75, 3.05) is 18.4 Å². The predicted octanol–water partition coefficient (Wildman–Crippen LogP) is 5.09. The van der Waals surface area contributed by atoms with Gasteiger partial charge in [-0.3, -0.25) is 4.79 Å². The van der Waals surface area contributed by atoms with E-state index in [4.69, 9.17) is 4.52 Å². The number of hydrogen-bond donors (Lipinski definition) is 1. The first-order chi connectivity index (χ1) is 15.9. The van der Waals surface area contributed by atoms with Crippen molar-refractivity contribution < 1.29 is 17.7 Å². The second-order valence-electron chi connectivity index (χ2n) is 8.02. The number of thioether (sulfide) groups is 1. The van der Waals surface area contributed by atoms with E-state index in [1.54, 1.807) is 34.6 Å². The molecule has 33 heavy (non-hydrogen) atoms. The second-order valence-corrected chi connectivity index (χ2v) is 11.0. The van der Waals surface area contributed by atoms with Gasteiger partial charge in [-0.15, -0.1) is 11.8 Å². The van der Waals surface area contributed by atoms with Gasteiger partial charge in [0.05, 0.1) is 21.9 Å². The Kier molecular flexibility index (Phi) is 7.52. The Morgan fingerprint density at radius 1 is 1.06 bits per heavy atom. The van der Waals surface area contributed by atoms with E-state index in [1.165, 1.54) is 11.8 Å². The number of sulfonamides is 1. The van der Waals surface area contributed by atoms with E-state index in [0.29, 0.717) is 30.1 Å². The van der Waals surface area contributed by atoms with Gasteiger partial charge in [-0.05, 0) is 56.2 Å². The molecular formula is C24H27N3O4S2. The molecule has 7 nitrogen and oxygen atoms in total. The van der Waals surface area contributed by atoms with Crippen molar-refractivity contribution in [2.45, 2.75) is 48.2 Å². The molecule has 0 saturated carbocycles. The van der Waals surface area contributed by atoms with Crippen LogP contribution in [0.3, 0.4) is 0 Å². The number of hydrogen-bond acceptors (Lipinski definition) is 6. The van der Waals surface area contributed by atoms with Crippen LogP contribution in [0.5, 0.6) is 0 Å². The lowest BCUT2D eigenvalue weighted by Crippen LogP contribution is -2.31. The Hall–Kier alpha value is -2.62. The molecule has 1 saturated heterocycles. The fourth-order valence-corrected chi connectivity index (χ4v) is 6.19. The Bertz CT molecular complexity index is 1200. The van der Waals surface area contributed by atoms with Gasteiger partial charge < -0.3 is 9.84 Å². The Labute approximate surface area is 198 Å². The minimum atomic E-state index is -3.52. The molecule has 1 N–H and O–H groups in total. The lowest BCUT2D eigenvalue weighted by atomic mass is 10.2. The van der Waals surface area contributed by atoms with Crippen molar-refractivity contribution >= 4 is 33.4 Å². The van der Waals surface area contributed by atoms with Gasteiger partial charge in [0.25, 0.3) is 5.91 Å². The van der Waals surface area contributed by atoms with Crippen LogP contribution in [0.25, 0.3) is 0 Å². The zero-order valence-electron chi connectivity index (χ0n) is 18.5. The number of nitrogens with one attached hydrogen (secondary N) is 1. The molecule has 1 aliphatic rings. The highest BCUT2D eigenvalue weighted by Gasteiger charge is 2.25. The first kappa shape index (κ1) is 23.5. The summed E-state index contributed by atoms with van der Waals surface area (Å²) < 4.78 is 32.7. The molecule has 2 heterocycles. The molecule has 2 aromatic carbocycles. The molecule has 1 fully saturated rings. The Morgan fingerprint density at radius 2 is 1.76 bits per heavy atom. The SMILES string of the molecule is Cc1cc(CSc2ccccc2C(=O)Nc2ccc(S(=O)(=O)N3CCCCCC3)cc2)on1. The van der Waals surface area contributed by atoms with Gasteiger partial charge in [0.15, 0.2) is 0 Å². The van der Waals surface area contributed by atoms with Crippen LogP contribution in [0.15, 0.2) is 68.9 Å². The topological polar surface area (TPSA) is 92.5 Å². The standard InChI is InChI=1S/C24H27N3O4S2/c1-18-16-20(31-26-18)17-32-23-9-5-4-8-22(23)24(28)25-19-10-12-21(13-11-19)33(29,30)27-14-6-2-3-7-15-27/h4-5,8-13,16H,2-3,6-7,14-15,17H2,1H3,(H,25,28). The first-order valence-electron chi connectivity index (χ1n) is 11.0. The number of nitrogens with zero attached hydrogens (tertiary/aromatic N) is 2. The van der Waals surface area contributed by atoms with E-state index >= 15 is 0 Å². The van der Waals surface area contributed by atoms with Gasteiger partial charge in [0, 0.05) is 29.7 Å². The summed E-state index contributed by atoms with van der Waals surface area (Å²) >= 11 is 1.50. The lowest BCUT2D eigenvalue weighted by Gasteiger charge is -2.20. The number of amides is 1. The van der Waals surface area contributed by atoms with Gasteiger partial charge in [0.2, 0.25) is 10.0 Å². The highest BCUT2D eigenvalue weighted by molar-refractivity contribution is 7.98. The summed E-state index contributed by atoms with van der Waals surface area (Å²) in [6.45, 7) is 2.98. The average Bonchev–Trinajstić information content (AvgIpc) is 3.05. The molecule has 4 rings (SSSR count). The monoisotopic (exact) mass is 485 g/mol. The zero-order valence-corrected chi connectivity index (χ0v) is 20.1. The molecule has 1 amide bonds. The highest BCUT2D eigenvalue weighted by Crippen LogP contribution is 2.28. The van der Waals surface area contributed by atoms with Crippen molar-refractivity contribution in [1.29, 1.82) is 0 Å². The van der Waals surface area contributed by atoms with Crippen molar-refractivity contribution in [1.82, 2.24) is 9.46 Å². The molecule has 0 atom stereocenters. The Morgan fingerprint density at radius 3 is 2.42 bits per heavy atom. The smallest absolute Gasteiger partial charge is 0.256 e. The molecule has 9 heteroatoms. The number of benzene rings is 2. The van der Waals surface area contributed by atoms with Crippen LogP contribution in [0.1, 0.15) is 47.5 Å². The number of aromatic nitrogens is 1. The zero-order chi connectivity index (χ0) is 23.3. The van der Waals surface area contributed by atoms with Crippen LogP contribution in [0.4, 0.5) is 5.69 Å². The number of carbonyl (C=O) groups is 1. The molecule has 0 aliphatic carbocycles. The molecule has 1 aromatic heterocycles. The number of rotatable bonds is 7. The van der Waals surface area contributed by atoms with E-state index in [9.17, 15) is 13.2 Å². The maximum Gasteiger partial charge on any atom is 0.256 e. The lowest BCUT2D eigenvalue weighted by molar-refractivity contribution is 0.102. The van der Waals surface area contributed by atoms with Gasteiger partial charge in [0.1, 0.15) is 5.76 Å². The van der Waals surface area contributed by atoms with Crippen LogP contribution in [-0.2, 0) is 15.8 Å². The van der Waals surface area contributed by atoms with E-state index < -0.39 is 10.0 Å². The highest BCUT2D eigenvalue weighted by atomic mass is 32.2. The largest absolute Gasteiger partial charge is 0.360 e. The van der Waals surface area contributed by atoms with Gasteiger partial charge in [-0.2, -0.15) is 4.31 Å². The minimum Gasteiger partial charge on any atom is -0.360 e. The molecule has 0 radical (unpaired) electrons. The van der Waals surface area contributed by atoms with E-state index in [0.717, 1.165) is 42.0 Å². The summed E-state index contributed by atoms with van der Waals surface area (Å²) in [6.07, 6.45) is 3.91. The summed E-state index contributed by atoms with van der Waals surface area (Å²) in [4.78, 5) is 14.0. The molecule has 0 bridgehead atoms. The fraction of sp³-hybridized carbons (Fsp3) is 0.333. The average molecular weight is 486 g/mol. The number of anilines is 1. The van der Waals surface area contributed by atoms with E-state index in [1.807, 2.05) is 31.2 Å². The van der Waals surface area contributed by atoms with Gasteiger partial charge in [-0.1, -0.05) is 30.1 Å². The van der Waals surface area contributed by atoms with Crippen LogP contribution >= 0.6 is 11.8 Å². The van der Waals surface area contributed by atoms with Crippen LogP contribution < -0.4 is 5.32 Å². The van der Waals surface area contributed by atoms with Crippen molar-refractivity contribution in [3.63, 3.8) is 0 Å². The van der Waals surface area contributed by atoms with E-state index in [2.05, 4.69) is 10.5 Å². The van der Waals surface area contributed by atoms with Crippen LogP contribution in [-0.4, -0.2) is 36.9 Å². The maximum atomic E-state index is 13.0. The fourth-order valence-electron chi connectivity index (χ4n) is 3.75. The van der Waals surface area contributed by atoms with Crippen LogP contribution in [0, 0.1) is 6.92 Å². The third-order valence-electron chi connectivity index (χ3n) is 5.49. The molecular weight excluding hydrogens is 458 g/mol. The summed E-state index contributed by atoms with van der Waals surface area (Å²) in [6, 6.07) is 15.6. The molecule has 1 aliphatic heterocycles. The van der Waals surface area contributed by atoms with Gasteiger partial charge >= 0.3 is 0 Å². The first-order valence-corrected chi connectivity index (χ1v) is 13.4.